The molecular formula is C20H19ClN4O3. The zero-order valence-electron chi connectivity index (χ0n) is 15.6. The fourth-order valence-electron chi connectivity index (χ4n) is 2.56. The third kappa shape index (κ3) is 4.15. The molecule has 8 heteroatoms. The van der Waals surface area contributed by atoms with Gasteiger partial charge in [0.1, 0.15) is 16.7 Å². The van der Waals surface area contributed by atoms with E-state index in [0.717, 1.165) is 5.69 Å². The summed E-state index contributed by atoms with van der Waals surface area (Å²) in [7, 11) is 3.04. The lowest BCUT2D eigenvalue weighted by atomic mass is 10.2. The number of hydrogen-bond donors (Lipinski definition) is 1. The highest BCUT2D eigenvalue weighted by Gasteiger charge is 2.13. The minimum absolute atomic E-state index is 0.358. The van der Waals surface area contributed by atoms with E-state index in [4.69, 9.17) is 21.1 Å². The summed E-state index contributed by atoms with van der Waals surface area (Å²) in [4.78, 5) is 12.4. The first-order valence-electron chi connectivity index (χ1n) is 8.40. The number of hydrazone groups is 1. The highest BCUT2D eigenvalue weighted by molar-refractivity contribution is 6.32. The van der Waals surface area contributed by atoms with Crippen molar-refractivity contribution in [1.29, 1.82) is 0 Å². The van der Waals surface area contributed by atoms with Crippen LogP contribution in [0.15, 0.2) is 53.6 Å². The maximum absolute atomic E-state index is 12.4. The molecule has 0 aliphatic carbocycles. The van der Waals surface area contributed by atoms with Crippen molar-refractivity contribution in [1.82, 2.24) is 15.2 Å². The molecule has 0 saturated carbocycles. The number of carbonyl (C=O) groups excluding carboxylic acids is 1. The van der Waals surface area contributed by atoms with Crippen molar-refractivity contribution in [3.63, 3.8) is 0 Å². The Morgan fingerprint density at radius 2 is 1.79 bits per heavy atom. The molecule has 0 fully saturated rings. The lowest BCUT2D eigenvalue weighted by molar-refractivity contribution is 0.0954. The van der Waals surface area contributed by atoms with Crippen LogP contribution in [0.1, 0.15) is 21.6 Å². The van der Waals surface area contributed by atoms with Crippen LogP contribution in [0.4, 0.5) is 0 Å². The Labute approximate surface area is 167 Å². The molecule has 0 unspecified atom stereocenters. The molecule has 1 heterocycles. The first-order chi connectivity index (χ1) is 13.5. The minimum Gasteiger partial charge on any atom is -0.497 e. The number of aromatic nitrogens is 2. The molecule has 2 aromatic carbocycles. The van der Waals surface area contributed by atoms with Gasteiger partial charge in [0.05, 0.1) is 37.4 Å². The fourth-order valence-corrected chi connectivity index (χ4v) is 2.88. The molecule has 0 aliphatic heterocycles. The molecular weight excluding hydrogens is 380 g/mol. The summed E-state index contributed by atoms with van der Waals surface area (Å²) >= 11 is 6.44. The van der Waals surface area contributed by atoms with Gasteiger partial charge in [0.25, 0.3) is 5.91 Å². The standard InChI is InChI=1S/C20H19ClN4O3/c1-13-18(19(21)25(24-13)15-7-5-4-6-8-15)12-22-23-20(26)14-9-16(27-2)11-17(10-14)28-3/h4-12H,1-3H3,(H,23,26)/b22-12-. The zero-order chi connectivity index (χ0) is 20.1. The first-order valence-corrected chi connectivity index (χ1v) is 8.78. The van der Waals surface area contributed by atoms with Gasteiger partial charge in [-0.25, -0.2) is 10.1 Å². The molecule has 0 spiro atoms. The minimum atomic E-state index is -0.405. The third-order valence-corrected chi connectivity index (χ3v) is 4.39. The molecule has 3 rings (SSSR count). The summed E-state index contributed by atoms with van der Waals surface area (Å²) in [5, 5.41) is 8.85. The number of para-hydroxylation sites is 1. The van der Waals surface area contributed by atoms with Crippen LogP contribution in [-0.2, 0) is 0 Å². The van der Waals surface area contributed by atoms with Gasteiger partial charge in [0.2, 0.25) is 0 Å². The smallest absolute Gasteiger partial charge is 0.271 e. The number of rotatable bonds is 6. The van der Waals surface area contributed by atoms with E-state index in [-0.39, 0.29) is 0 Å². The largest absolute Gasteiger partial charge is 0.497 e. The summed E-state index contributed by atoms with van der Waals surface area (Å²) in [6, 6.07) is 14.4. The second-order valence-corrected chi connectivity index (χ2v) is 6.20. The number of nitrogens with zero attached hydrogens (tertiary/aromatic N) is 3. The zero-order valence-corrected chi connectivity index (χ0v) is 16.4. The molecule has 144 valence electrons. The van der Waals surface area contributed by atoms with Crippen molar-refractivity contribution in [3.8, 4) is 17.2 Å². The molecule has 0 aliphatic rings. The van der Waals surface area contributed by atoms with E-state index in [1.54, 1.807) is 22.9 Å². The van der Waals surface area contributed by atoms with Crippen LogP contribution in [0, 0.1) is 6.92 Å². The highest BCUT2D eigenvalue weighted by Crippen LogP contribution is 2.23. The predicted octanol–water partition coefficient (Wildman–Crippen LogP) is 3.62. The van der Waals surface area contributed by atoms with Gasteiger partial charge in [-0.2, -0.15) is 10.2 Å². The Balaban J connectivity index is 1.78. The lowest BCUT2D eigenvalue weighted by Crippen LogP contribution is -2.17. The number of benzene rings is 2. The van der Waals surface area contributed by atoms with Crippen LogP contribution in [0.2, 0.25) is 5.15 Å². The second-order valence-electron chi connectivity index (χ2n) is 5.84. The van der Waals surface area contributed by atoms with Crippen molar-refractivity contribution in [2.45, 2.75) is 6.92 Å². The Morgan fingerprint density at radius 1 is 1.14 bits per heavy atom. The SMILES string of the molecule is COc1cc(OC)cc(C(=O)N/N=C\c2c(C)nn(-c3ccccc3)c2Cl)c1. The fraction of sp³-hybridized carbons (Fsp3) is 0.150. The Bertz CT molecular complexity index is 994. The summed E-state index contributed by atoms with van der Waals surface area (Å²) in [6.07, 6.45) is 1.47. The van der Waals surface area contributed by atoms with Gasteiger partial charge in [-0.15, -0.1) is 0 Å². The summed E-state index contributed by atoms with van der Waals surface area (Å²) in [6.45, 7) is 1.82. The second kappa shape index (κ2) is 8.58. The van der Waals surface area contributed by atoms with Crippen molar-refractivity contribution in [2.24, 2.45) is 5.10 Å². The number of halogens is 1. The Kier molecular flexibility index (Phi) is 5.96. The normalized spacial score (nSPS) is 10.9. The Morgan fingerprint density at radius 3 is 2.39 bits per heavy atom. The highest BCUT2D eigenvalue weighted by atomic mass is 35.5. The monoisotopic (exact) mass is 398 g/mol. The van der Waals surface area contributed by atoms with E-state index in [2.05, 4.69) is 15.6 Å². The summed E-state index contributed by atoms with van der Waals surface area (Å²) in [5.41, 5.74) is 4.98. The van der Waals surface area contributed by atoms with Gasteiger partial charge in [0.15, 0.2) is 0 Å². The quantitative estimate of drug-likeness (QED) is 0.508. The number of nitrogens with one attached hydrogen (secondary N) is 1. The number of hydrogen-bond acceptors (Lipinski definition) is 5. The van der Waals surface area contributed by atoms with E-state index in [1.807, 2.05) is 37.3 Å². The molecule has 28 heavy (non-hydrogen) atoms. The topological polar surface area (TPSA) is 77.7 Å². The maximum Gasteiger partial charge on any atom is 0.271 e. The van der Waals surface area contributed by atoms with E-state index in [1.165, 1.54) is 20.4 Å². The molecule has 1 amide bonds. The van der Waals surface area contributed by atoms with E-state index in [9.17, 15) is 4.79 Å². The van der Waals surface area contributed by atoms with Crippen LogP contribution in [-0.4, -0.2) is 36.1 Å². The molecule has 1 N–H and O–H groups in total. The van der Waals surface area contributed by atoms with Gasteiger partial charge in [-0.3, -0.25) is 4.79 Å². The lowest BCUT2D eigenvalue weighted by Gasteiger charge is -2.07. The van der Waals surface area contributed by atoms with E-state index >= 15 is 0 Å². The predicted molar refractivity (Wildman–Crippen MR) is 108 cm³/mol. The van der Waals surface area contributed by atoms with Crippen molar-refractivity contribution in [3.05, 3.63) is 70.5 Å². The van der Waals surface area contributed by atoms with Crippen LogP contribution in [0.3, 0.4) is 0 Å². The number of carbonyl (C=O) groups is 1. The Hall–Kier alpha value is -3.32. The van der Waals surface area contributed by atoms with Crippen molar-refractivity contribution < 1.29 is 14.3 Å². The molecule has 1 aromatic heterocycles. The molecule has 0 radical (unpaired) electrons. The van der Waals surface area contributed by atoms with Gasteiger partial charge >= 0.3 is 0 Å². The number of methoxy groups -OCH3 is 2. The average molecular weight is 399 g/mol. The van der Waals surface area contributed by atoms with E-state index in [0.29, 0.717) is 33.5 Å². The third-order valence-electron chi connectivity index (χ3n) is 4.02. The van der Waals surface area contributed by atoms with Crippen LogP contribution < -0.4 is 14.9 Å². The number of amides is 1. The van der Waals surface area contributed by atoms with Gasteiger partial charge in [0, 0.05) is 11.6 Å². The molecule has 0 saturated heterocycles. The summed E-state index contributed by atoms with van der Waals surface area (Å²) < 4.78 is 12.0. The van der Waals surface area contributed by atoms with Crippen LogP contribution >= 0.6 is 11.6 Å². The maximum atomic E-state index is 12.4. The van der Waals surface area contributed by atoms with Crippen molar-refractivity contribution >= 4 is 23.7 Å². The molecule has 0 atom stereocenters. The molecule has 7 nitrogen and oxygen atoms in total. The molecule has 0 bridgehead atoms. The number of ether oxygens (including phenoxy) is 2. The van der Waals surface area contributed by atoms with Crippen LogP contribution in [0.5, 0.6) is 11.5 Å². The number of aryl methyl sites for hydroxylation is 1. The van der Waals surface area contributed by atoms with Gasteiger partial charge in [-0.05, 0) is 31.2 Å². The average Bonchev–Trinajstić information content (AvgIpc) is 3.02. The molecule has 3 aromatic rings. The van der Waals surface area contributed by atoms with Crippen LogP contribution in [0.25, 0.3) is 5.69 Å². The van der Waals surface area contributed by atoms with Crippen molar-refractivity contribution in [2.75, 3.05) is 14.2 Å². The summed E-state index contributed by atoms with van der Waals surface area (Å²) in [5.74, 6) is 0.616. The van der Waals surface area contributed by atoms with Gasteiger partial charge in [-0.1, -0.05) is 29.8 Å². The van der Waals surface area contributed by atoms with Gasteiger partial charge < -0.3 is 9.47 Å². The first kappa shape index (κ1) is 19.4. The van der Waals surface area contributed by atoms with E-state index < -0.39 is 5.91 Å².